The van der Waals surface area contributed by atoms with E-state index < -0.39 is 0 Å². The molecule has 138 valence electrons. The number of ether oxygens (including phenoxy) is 1. The minimum atomic E-state index is 0.157. The van der Waals surface area contributed by atoms with Gasteiger partial charge in [0.25, 0.3) is 0 Å². The second kappa shape index (κ2) is 8.81. The van der Waals surface area contributed by atoms with E-state index in [4.69, 9.17) is 4.74 Å². The topological polar surface area (TPSA) is 60.2 Å². The number of phenolic OH excluding ortho intramolecular Hbond substituents is 1. The first-order valence-electron chi connectivity index (χ1n) is 9.43. The van der Waals surface area contributed by atoms with Crippen LogP contribution < -0.4 is 0 Å². The van der Waals surface area contributed by atoms with Crippen LogP contribution in [0.5, 0.6) is 5.75 Å². The van der Waals surface area contributed by atoms with E-state index in [1.54, 1.807) is 6.07 Å². The largest absolute Gasteiger partial charge is 0.506 e. The van der Waals surface area contributed by atoms with E-state index in [9.17, 15) is 5.11 Å². The Morgan fingerprint density at radius 2 is 1.81 bits per heavy atom. The molecule has 5 heteroatoms. The van der Waals surface area contributed by atoms with Crippen LogP contribution in [0.15, 0.2) is 42.5 Å². The molecule has 5 nitrogen and oxygen atoms in total. The molecule has 1 heterocycles. The van der Waals surface area contributed by atoms with Crippen molar-refractivity contribution in [1.82, 2.24) is 15.0 Å². The van der Waals surface area contributed by atoms with Crippen LogP contribution in [0.2, 0.25) is 0 Å². The molecule has 0 saturated carbocycles. The van der Waals surface area contributed by atoms with Gasteiger partial charge in [0.1, 0.15) is 22.5 Å². The maximum absolute atomic E-state index is 10.4. The molecule has 1 unspecified atom stereocenters. The lowest BCUT2D eigenvalue weighted by Gasteiger charge is -2.15. The number of benzene rings is 2. The summed E-state index contributed by atoms with van der Waals surface area (Å²) in [5.41, 5.74) is 3.13. The van der Waals surface area contributed by atoms with E-state index in [0.29, 0.717) is 18.2 Å². The van der Waals surface area contributed by atoms with Crippen LogP contribution in [0.3, 0.4) is 0 Å². The van der Waals surface area contributed by atoms with Gasteiger partial charge in [-0.3, -0.25) is 0 Å². The van der Waals surface area contributed by atoms with Crippen LogP contribution in [-0.4, -0.2) is 26.7 Å². The fraction of sp³-hybridized carbons (Fsp3) is 0.429. The van der Waals surface area contributed by atoms with Crippen molar-refractivity contribution in [2.75, 3.05) is 6.61 Å². The molecule has 3 aromatic rings. The summed E-state index contributed by atoms with van der Waals surface area (Å²) in [5, 5.41) is 19.2. The van der Waals surface area contributed by atoms with Gasteiger partial charge >= 0.3 is 0 Å². The van der Waals surface area contributed by atoms with E-state index >= 15 is 0 Å². The van der Waals surface area contributed by atoms with Crippen LogP contribution in [0.25, 0.3) is 16.7 Å². The number of hydrogen-bond acceptors (Lipinski definition) is 4. The van der Waals surface area contributed by atoms with Crippen LogP contribution in [0.4, 0.5) is 0 Å². The zero-order valence-electron chi connectivity index (χ0n) is 15.6. The molecular weight excluding hydrogens is 326 g/mol. The average Bonchev–Trinajstić information content (AvgIpc) is 3.08. The molecule has 0 bridgehead atoms. The maximum atomic E-state index is 10.4. The molecule has 0 aliphatic carbocycles. The first kappa shape index (κ1) is 18.4. The number of nitrogens with zero attached hydrogens (tertiary/aromatic N) is 3. The number of aromatic hydroxyl groups is 1. The summed E-state index contributed by atoms with van der Waals surface area (Å²) in [4.78, 5) is 1.47. The minimum Gasteiger partial charge on any atom is -0.506 e. The van der Waals surface area contributed by atoms with Crippen LogP contribution in [0.1, 0.15) is 45.1 Å². The predicted octanol–water partition coefficient (Wildman–Crippen LogP) is 4.86. The lowest BCUT2D eigenvalue weighted by Crippen LogP contribution is -2.09. The smallest absolute Gasteiger partial charge is 0.143 e. The molecule has 0 amide bonds. The predicted molar refractivity (Wildman–Crippen MR) is 103 cm³/mol. The van der Waals surface area contributed by atoms with Gasteiger partial charge in [-0.05, 0) is 42.2 Å². The zero-order valence-corrected chi connectivity index (χ0v) is 15.6. The van der Waals surface area contributed by atoms with Gasteiger partial charge in [0.15, 0.2) is 0 Å². The Hall–Kier alpha value is -2.40. The van der Waals surface area contributed by atoms with Gasteiger partial charge in [0.05, 0.1) is 6.61 Å². The Bertz CT molecular complexity index is 811. The molecule has 1 N–H and O–H groups in total. The molecule has 26 heavy (non-hydrogen) atoms. The number of hydrogen-bond donors (Lipinski definition) is 1. The second-order valence-electron chi connectivity index (χ2n) is 6.73. The fourth-order valence-corrected chi connectivity index (χ4v) is 3.04. The third kappa shape index (κ3) is 4.41. The van der Waals surface area contributed by atoms with E-state index in [-0.39, 0.29) is 5.75 Å². The molecule has 0 radical (unpaired) electrons. The summed E-state index contributed by atoms with van der Waals surface area (Å²) in [6, 6.07) is 13.2. The molecule has 0 spiro atoms. The Balaban J connectivity index is 1.64. The number of fused-ring (bicyclic) bond motifs is 1. The Labute approximate surface area is 154 Å². The molecule has 0 saturated heterocycles. The highest BCUT2D eigenvalue weighted by Gasteiger charge is 2.10. The number of aromatic nitrogens is 3. The maximum Gasteiger partial charge on any atom is 0.143 e. The molecule has 1 aromatic heterocycles. The van der Waals surface area contributed by atoms with Crippen molar-refractivity contribution < 1.29 is 9.84 Å². The average molecular weight is 353 g/mol. The SMILES string of the molecule is CCCCC(CC)COCc1ccc(-n2nc3ccccc3n2)c(O)c1. The van der Waals surface area contributed by atoms with E-state index in [0.717, 1.165) is 29.6 Å². The molecule has 0 aliphatic heterocycles. The van der Waals surface area contributed by atoms with E-state index in [1.807, 2.05) is 36.4 Å². The summed E-state index contributed by atoms with van der Waals surface area (Å²) >= 11 is 0. The second-order valence-corrected chi connectivity index (χ2v) is 6.73. The van der Waals surface area contributed by atoms with Gasteiger partial charge in [-0.15, -0.1) is 15.0 Å². The van der Waals surface area contributed by atoms with Crippen molar-refractivity contribution in [3.8, 4) is 11.4 Å². The van der Waals surface area contributed by atoms with Crippen molar-refractivity contribution in [3.63, 3.8) is 0 Å². The van der Waals surface area contributed by atoms with Gasteiger partial charge in [-0.25, -0.2) is 0 Å². The summed E-state index contributed by atoms with van der Waals surface area (Å²) in [7, 11) is 0. The van der Waals surface area contributed by atoms with Crippen molar-refractivity contribution in [2.24, 2.45) is 5.92 Å². The van der Waals surface area contributed by atoms with Crippen molar-refractivity contribution in [1.29, 1.82) is 0 Å². The standard InChI is InChI=1S/C21H27N3O2/c1-3-5-8-16(4-2)14-26-15-17-11-12-20(21(25)13-17)24-22-18-9-6-7-10-19(18)23-24/h6-7,9-13,16,25H,3-5,8,14-15H2,1-2H3. The normalized spacial score (nSPS) is 12.5. The Morgan fingerprint density at radius 1 is 1.08 bits per heavy atom. The highest BCUT2D eigenvalue weighted by atomic mass is 16.5. The summed E-state index contributed by atoms with van der Waals surface area (Å²) in [5.74, 6) is 0.771. The molecule has 0 fully saturated rings. The van der Waals surface area contributed by atoms with Crippen LogP contribution >= 0.6 is 0 Å². The highest BCUT2D eigenvalue weighted by Crippen LogP contribution is 2.24. The summed E-state index contributed by atoms with van der Waals surface area (Å²) in [6.45, 7) is 5.71. The number of rotatable bonds is 9. The van der Waals surface area contributed by atoms with Gasteiger partial charge < -0.3 is 9.84 Å². The fourth-order valence-electron chi connectivity index (χ4n) is 3.04. The molecular formula is C21H27N3O2. The lowest BCUT2D eigenvalue weighted by molar-refractivity contribution is 0.0819. The van der Waals surface area contributed by atoms with Gasteiger partial charge in [-0.2, -0.15) is 0 Å². The zero-order chi connectivity index (χ0) is 18.4. The van der Waals surface area contributed by atoms with Crippen LogP contribution in [-0.2, 0) is 11.3 Å². The molecule has 3 rings (SSSR count). The number of unbranched alkanes of at least 4 members (excludes halogenated alkanes) is 1. The quantitative estimate of drug-likeness (QED) is 0.597. The van der Waals surface area contributed by atoms with Crippen molar-refractivity contribution in [3.05, 3.63) is 48.0 Å². The molecule has 1 atom stereocenters. The Morgan fingerprint density at radius 3 is 2.42 bits per heavy atom. The Kier molecular flexibility index (Phi) is 6.23. The molecule has 0 aliphatic rings. The minimum absolute atomic E-state index is 0.157. The van der Waals surface area contributed by atoms with Crippen LogP contribution in [0, 0.1) is 5.92 Å². The third-order valence-electron chi connectivity index (χ3n) is 4.71. The summed E-state index contributed by atoms with van der Waals surface area (Å²) in [6.07, 6.45) is 4.84. The van der Waals surface area contributed by atoms with E-state index in [1.165, 1.54) is 24.1 Å². The monoisotopic (exact) mass is 353 g/mol. The summed E-state index contributed by atoms with van der Waals surface area (Å²) < 4.78 is 5.87. The first-order chi connectivity index (χ1) is 12.7. The van der Waals surface area contributed by atoms with Crippen molar-refractivity contribution in [2.45, 2.75) is 46.1 Å². The third-order valence-corrected chi connectivity index (χ3v) is 4.71. The van der Waals surface area contributed by atoms with Gasteiger partial charge in [0.2, 0.25) is 0 Å². The molecule has 2 aromatic carbocycles. The number of phenols is 1. The van der Waals surface area contributed by atoms with Gasteiger partial charge in [-0.1, -0.05) is 51.3 Å². The lowest BCUT2D eigenvalue weighted by atomic mass is 10.0. The van der Waals surface area contributed by atoms with Gasteiger partial charge in [0, 0.05) is 6.61 Å². The highest BCUT2D eigenvalue weighted by molar-refractivity contribution is 5.73. The van der Waals surface area contributed by atoms with E-state index in [2.05, 4.69) is 24.0 Å². The first-order valence-corrected chi connectivity index (χ1v) is 9.43. The van der Waals surface area contributed by atoms with Crippen molar-refractivity contribution >= 4 is 11.0 Å².